The normalized spacial score (nSPS) is 46.5. The van der Waals surface area contributed by atoms with Gasteiger partial charge in [0.15, 0.2) is 18.4 Å². The van der Waals surface area contributed by atoms with E-state index in [1.807, 2.05) is 32.1 Å². The van der Waals surface area contributed by atoms with Gasteiger partial charge < -0.3 is 67.2 Å². The fourth-order valence-electron chi connectivity index (χ4n) is 12.3. The number of carbonyl (C=O) groups excluding carboxylic acids is 1. The van der Waals surface area contributed by atoms with E-state index in [4.69, 9.17) is 52.1 Å². The first-order valence-electron chi connectivity index (χ1n) is 26.6. The largest absolute Gasteiger partial charge is 0.462 e. The summed E-state index contributed by atoms with van der Waals surface area (Å²) >= 11 is 0. The number of hydrogen-bond acceptors (Lipinski definition) is 15. The van der Waals surface area contributed by atoms with Crippen molar-refractivity contribution in [3.8, 4) is 0 Å². The Balaban J connectivity index is 1.01. The molecule has 394 valence electrons. The minimum atomic E-state index is -1.83. The van der Waals surface area contributed by atoms with Crippen LogP contribution < -0.4 is 0 Å². The maximum atomic E-state index is 14.4. The molecule has 1 aliphatic carbocycles. The molecule has 0 amide bonds. The van der Waals surface area contributed by atoms with E-state index >= 15 is 0 Å². The number of methoxy groups -OCH3 is 2. The third-order valence-electron chi connectivity index (χ3n) is 16.6. The Morgan fingerprint density at radius 2 is 1.57 bits per heavy atom. The topological polar surface area (TPSA) is 162 Å². The van der Waals surface area contributed by atoms with Crippen molar-refractivity contribution in [1.82, 2.24) is 4.90 Å². The van der Waals surface area contributed by atoms with Gasteiger partial charge in [-0.05, 0) is 88.8 Å². The molecule has 5 fully saturated rings. The van der Waals surface area contributed by atoms with Gasteiger partial charge in [-0.3, -0.25) is 4.79 Å². The van der Waals surface area contributed by atoms with Crippen LogP contribution in [0.25, 0.3) is 0 Å². The van der Waals surface area contributed by atoms with Gasteiger partial charge in [-0.2, -0.15) is 0 Å². The average molecular weight is 984 g/mol. The molecule has 0 radical (unpaired) electrons. The molecule has 8 aliphatic rings. The Morgan fingerprint density at radius 1 is 0.871 bits per heavy atom. The van der Waals surface area contributed by atoms with Gasteiger partial charge in [-0.1, -0.05) is 77.0 Å². The minimum Gasteiger partial charge on any atom is -0.462 e. The number of allylic oxidation sites excluding steroid dienone is 2. The monoisotopic (exact) mass is 984 g/mol. The molecule has 7 aliphatic heterocycles. The third kappa shape index (κ3) is 11.8. The summed E-state index contributed by atoms with van der Waals surface area (Å²) < 4.78 is 71.7. The van der Waals surface area contributed by atoms with E-state index in [1.54, 1.807) is 33.3 Å². The van der Waals surface area contributed by atoms with E-state index in [0.717, 1.165) is 31.6 Å². The molecule has 0 aromatic heterocycles. The smallest absolute Gasteiger partial charge is 0.316 e. The Labute approximate surface area is 417 Å². The number of piperidine rings is 1. The Hall–Kier alpha value is -2.35. The molecular weight excluding hydrogens is 899 g/mol. The summed E-state index contributed by atoms with van der Waals surface area (Å²) in [5.41, 5.74) is 0.171. The van der Waals surface area contributed by atoms with Crippen LogP contribution in [0.15, 0.2) is 59.3 Å². The first kappa shape index (κ1) is 53.9. The molecule has 0 saturated carbocycles. The molecule has 2 bridgehead atoms. The molecule has 5 saturated heterocycles. The lowest BCUT2D eigenvalue weighted by molar-refractivity contribution is -0.321. The quantitative estimate of drug-likeness (QED) is 0.154. The van der Waals surface area contributed by atoms with Gasteiger partial charge in [0, 0.05) is 58.3 Å². The van der Waals surface area contributed by atoms with Crippen LogP contribution in [-0.4, -0.2) is 165 Å². The van der Waals surface area contributed by atoms with Crippen molar-refractivity contribution in [2.45, 2.75) is 210 Å². The van der Waals surface area contributed by atoms with Crippen LogP contribution in [0, 0.1) is 23.7 Å². The summed E-state index contributed by atoms with van der Waals surface area (Å²) in [7, 11) is 3.41. The van der Waals surface area contributed by atoms with E-state index in [2.05, 4.69) is 51.7 Å². The Kier molecular flexibility index (Phi) is 18.1. The van der Waals surface area contributed by atoms with Gasteiger partial charge in [0.1, 0.15) is 42.0 Å². The molecule has 20 atom stereocenters. The number of likely N-dealkylation sites (tertiary alicyclic amines) is 1. The Morgan fingerprint density at radius 3 is 2.29 bits per heavy atom. The number of rotatable bonds is 12. The van der Waals surface area contributed by atoms with E-state index < -0.39 is 72.5 Å². The molecule has 1 spiro atoms. The van der Waals surface area contributed by atoms with Crippen LogP contribution in [0.5, 0.6) is 0 Å². The predicted molar refractivity (Wildman–Crippen MR) is 261 cm³/mol. The summed E-state index contributed by atoms with van der Waals surface area (Å²) in [6, 6.07) is 0. The van der Waals surface area contributed by atoms with Gasteiger partial charge in [-0.15, -0.1) is 0 Å². The molecule has 7 heterocycles. The zero-order valence-corrected chi connectivity index (χ0v) is 43.6. The first-order chi connectivity index (χ1) is 33.6. The summed E-state index contributed by atoms with van der Waals surface area (Å²) in [4.78, 5) is 16.9. The lowest BCUT2D eigenvalue weighted by Gasteiger charge is -2.48. The second kappa shape index (κ2) is 23.5. The molecule has 15 nitrogen and oxygen atoms in total. The minimum absolute atomic E-state index is 0.0383. The molecule has 0 aromatic carbocycles. The number of aliphatic hydroxyl groups excluding tert-OH is 1. The Bertz CT molecular complexity index is 1920. The third-order valence-corrected chi connectivity index (χ3v) is 16.6. The van der Waals surface area contributed by atoms with E-state index in [1.165, 1.54) is 19.3 Å². The fraction of sp³-hybridized carbons (Fsp3) is 0.800. The molecule has 8 rings (SSSR count). The van der Waals surface area contributed by atoms with Crippen LogP contribution in [-0.2, 0) is 56.9 Å². The number of hydrogen-bond donors (Lipinski definition) is 2. The molecule has 70 heavy (non-hydrogen) atoms. The zero-order chi connectivity index (χ0) is 49.9. The standard InChI is InChI=1S/C55H85NO14/c1-11-32(2)49-35(5)20-21-54(70-49)30-41-27-40(69-54)19-18-34(4)48(33(3)16-15-17-39-31-63-52-47(57)36(6)26-42(53(58)66-41)55(39,52)59)67-45-29-44(61-10)51(38(8)65-45)68-46-28-43(60-9)50(37(7)64-46)62-25-24-56-22-13-12-14-23-56/h15-18,20-21,26,32-33,35,37-38,40-52,57,59H,11-14,19,22-25,27-31H2,1-10H3/b16-15+,34-18+,39-17+/t32?,33-,35-,37-,38-,40+,41-,42?,43-,44-,45-,46-,47+,48?,49+,50-,51?,52+,54+,55?/m0/s1. The molecular formula is C55H85NO14. The summed E-state index contributed by atoms with van der Waals surface area (Å²) in [5, 5.41) is 23.9. The van der Waals surface area contributed by atoms with Crippen molar-refractivity contribution < 1.29 is 67.1 Å². The van der Waals surface area contributed by atoms with Gasteiger partial charge in [0.05, 0.1) is 55.9 Å². The first-order valence-corrected chi connectivity index (χ1v) is 26.6. The van der Waals surface area contributed by atoms with Crippen molar-refractivity contribution in [2.75, 3.05) is 47.1 Å². The highest BCUT2D eigenvalue weighted by Crippen LogP contribution is 2.47. The van der Waals surface area contributed by atoms with Crippen molar-refractivity contribution in [3.63, 3.8) is 0 Å². The van der Waals surface area contributed by atoms with Crippen molar-refractivity contribution in [2.24, 2.45) is 23.7 Å². The summed E-state index contributed by atoms with van der Waals surface area (Å²) in [5.74, 6) is -2.54. The maximum Gasteiger partial charge on any atom is 0.316 e. The number of carbonyl (C=O) groups is 1. The highest BCUT2D eigenvalue weighted by atomic mass is 16.7. The molecule has 2 N–H and O–H groups in total. The molecule has 5 unspecified atom stereocenters. The van der Waals surface area contributed by atoms with E-state index in [-0.39, 0.29) is 61.0 Å². The zero-order valence-electron chi connectivity index (χ0n) is 43.6. The summed E-state index contributed by atoms with van der Waals surface area (Å²) in [6.45, 7) is 20.2. The molecule has 15 heteroatoms. The lowest BCUT2D eigenvalue weighted by Crippen LogP contribution is -2.58. The van der Waals surface area contributed by atoms with E-state index in [0.29, 0.717) is 49.9 Å². The van der Waals surface area contributed by atoms with Crippen LogP contribution >= 0.6 is 0 Å². The average Bonchev–Trinajstić information content (AvgIpc) is 3.68. The highest BCUT2D eigenvalue weighted by molar-refractivity contribution is 5.78. The van der Waals surface area contributed by atoms with Crippen LogP contribution in [0.3, 0.4) is 0 Å². The fourth-order valence-corrected chi connectivity index (χ4v) is 12.3. The number of aliphatic hydroxyl groups is 2. The SMILES string of the molecule is CCC(C)[C@H]1O[C@]2(C=C[C@@H]1C)C[C@@H]1C[C@@H](C/C=C(\C)C(O[C@H]3C[C@H](OC)C(O[C@H]4C[C@H](OC)[C@@H](OCCN5CCCCC5)[C@H](C)O4)[C@H](C)O3)[C@@H](C)/C=C/C=C3\CO[C@@H]4[C@H](O)C(C)=CC(C(=O)O1)C34O)O2. The molecule has 0 aromatic rings. The van der Waals surface area contributed by atoms with Crippen molar-refractivity contribution in [1.29, 1.82) is 0 Å². The number of fused-ring (bicyclic) bond motifs is 2. The van der Waals surface area contributed by atoms with Crippen molar-refractivity contribution in [3.05, 3.63) is 59.3 Å². The van der Waals surface area contributed by atoms with E-state index in [9.17, 15) is 15.0 Å². The summed E-state index contributed by atoms with van der Waals surface area (Å²) in [6.07, 6.45) is 13.9. The number of esters is 1. The van der Waals surface area contributed by atoms with Gasteiger partial charge in [0.25, 0.3) is 0 Å². The van der Waals surface area contributed by atoms with Gasteiger partial charge in [0.2, 0.25) is 0 Å². The predicted octanol–water partition coefficient (Wildman–Crippen LogP) is 6.89. The van der Waals surface area contributed by atoms with Gasteiger partial charge in [-0.25, -0.2) is 0 Å². The number of ether oxygens (including phenoxy) is 11. The van der Waals surface area contributed by atoms with Gasteiger partial charge >= 0.3 is 5.97 Å². The maximum absolute atomic E-state index is 14.4. The lowest BCUT2D eigenvalue weighted by atomic mass is 9.71. The highest BCUT2D eigenvalue weighted by Gasteiger charge is 2.60. The van der Waals surface area contributed by atoms with Crippen LogP contribution in [0.1, 0.15) is 113 Å². The van der Waals surface area contributed by atoms with Crippen LogP contribution in [0.4, 0.5) is 0 Å². The second-order valence-electron chi connectivity index (χ2n) is 21.7. The number of nitrogens with zero attached hydrogens (tertiary/aromatic N) is 1. The second-order valence-corrected chi connectivity index (χ2v) is 21.7. The van der Waals surface area contributed by atoms with Crippen molar-refractivity contribution >= 4 is 5.97 Å². The van der Waals surface area contributed by atoms with Crippen LogP contribution in [0.2, 0.25) is 0 Å².